The number of rotatable bonds is 9. The molecule has 1 N–H and O–H groups in total. The molecular formula is C18H29N3. The topological polar surface area (TPSA) is 28.2 Å². The van der Waals surface area contributed by atoms with Crippen molar-refractivity contribution >= 4 is 5.82 Å². The van der Waals surface area contributed by atoms with Crippen molar-refractivity contribution in [2.45, 2.75) is 47.1 Å². The third-order valence-corrected chi connectivity index (χ3v) is 3.27. The van der Waals surface area contributed by atoms with E-state index in [1.807, 2.05) is 0 Å². The van der Waals surface area contributed by atoms with E-state index in [1.165, 1.54) is 5.56 Å². The van der Waals surface area contributed by atoms with Crippen molar-refractivity contribution in [3.05, 3.63) is 23.4 Å². The number of terminal acetylenes is 1. The molecule has 0 atom stereocenters. The van der Waals surface area contributed by atoms with Crippen LogP contribution in [0.2, 0.25) is 0 Å². The lowest BCUT2D eigenvalue weighted by Crippen LogP contribution is -2.26. The lowest BCUT2D eigenvalue weighted by atomic mass is 10.1. The van der Waals surface area contributed by atoms with Crippen LogP contribution in [0.5, 0.6) is 0 Å². The van der Waals surface area contributed by atoms with Crippen LogP contribution >= 0.6 is 0 Å². The van der Waals surface area contributed by atoms with Gasteiger partial charge in [0, 0.05) is 18.8 Å². The summed E-state index contributed by atoms with van der Waals surface area (Å²) in [5, 5.41) is 3.50. The number of aryl methyl sites for hydroxylation is 1. The van der Waals surface area contributed by atoms with E-state index in [-0.39, 0.29) is 0 Å². The fourth-order valence-corrected chi connectivity index (χ4v) is 2.24. The maximum Gasteiger partial charge on any atom is 0.129 e. The molecule has 0 aliphatic heterocycles. The van der Waals surface area contributed by atoms with Crippen molar-refractivity contribution in [2.75, 3.05) is 24.5 Å². The van der Waals surface area contributed by atoms with E-state index in [4.69, 9.17) is 11.4 Å². The maximum absolute atomic E-state index is 5.49. The second kappa shape index (κ2) is 9.41. The molecule has 0 bridgehead atoms. The molecule has 0 saturated carbocycles. The summed E-state index contributed by atoms with van der Waals surface area (Å²) in [5.74, 6) is 4.41. The van der Waals surface area contributed by atoms with Gasteiger partial charge in [0.05, 0.1) is 6.54 Å². The highest BCUT2D eigenvalue weighted by atomic mass is 15.2. The zero-order valence-electron chi connectivity index (χ0n) is 13.9. The molecule has 21 heavy (non-hydrogen) atoms. The first-order chi connectivity index (χ1) is 10.1. The summed E-state index contributed by atoms with van der Waals surface area (Å²) in [4.78, 5) is 6.92. The Balaban J connectivity index is 2.89. The zero-order valence-corrected chi connectivity index (χ0v) is 13.9. The van der Waals surface area contributed by atoms with Crippen LogP contribution in [-0.2, 0) is 13.0 Å². The van der Waals surface area contributed by atoms with Gasteiger partial charge in [-0.05, 0) is 43.0 Å². The minimum atomic E-state index is 0.618. The van der Waals surface area contributed by atoms with Crippen LogP contribution in [0.4, 0.5) is 5.82 Å². The van der Waals surface area contributed by atoms with E-state index in [0.29, 0.717) is 12.5 Å². The fourth-order valence-electron chi connectivity index (χ4n) is 2.24. The van der Waals surface area contributed by atoms with Crippen LogP contribution < -0.4 is 10.2 Å². The van der Waals surface area contributed by atoms with Gasteiger partial charge < -0.3 is 10.2 Å². The van der Waals surface area contributed by atoms with Crippen molar-refractivity contribution in [1.29, 1.82) is 0 Å². The predicted octanol–water partition coefficient (Wildman–Crippen LogP) is 3.24. The highest BCUT2D eigenvalue weighted by Crippen LogP contribution is 2.16. The molecule has 0 aliphatic carbocycles. The molecule has 3 heteroatoms. The Morgan fingerprint density at radius 2 is 2.10 bits per heavy atom. The number of nitrogens with one attached hydrogen (secondary N) is 1. The summed E-state index contributed by atoms with van der Waals surface area (Å²) in [6.07, 6.45) is 7.50. The van der Waals surface area contributed by atoms with E-state index < -0.39 is 0 Å². The van der Waals surface area contributed by atoms with Gasteiger partial charge >= 0.3 is 0 Å². The van der Waals surface area contributed by atoms with Crippen molar-refractivity contribution < 1.29 is 0 Å². The number of hydrogen-bond donors (Lipinski definition) is 1. The van der Waals surface area contributed by atoms with Crippen LogP contribution in [0, 0.1) is 18.3 Å². The SMILES string of the molecule is C#CCN(CCC)c1cc(CNCC(C)C)cc(CC)n1. The Bertz CT molecular complexity index is 460. The summed E-state index contributed by atoms with van der Waals surface area (Å²) in [5.41, 5.74) is 2.42. The normalized spacial score (nSPS) is 10.7. The molecular weight excluding hydrogens is 258 g/mol. The van der Waals surface area contributed by atoms with Gasteiger partial charge in [-0.25, -0.2) is 4.98 Å². The van der Waals surface area contributed by atoms with Crippen LogP contribution in [-0.4, -0.2) is 24.6 Å². The molecule has 0 fully saturated rings. The van der Waals surface area contributed by atoms with Crippen LogP contribution in [0.25, 0.3) is 0 Å². The highest BCUT2D eigenvalue weighted by molar-refractivity contribution is 5.44. The molecule has 0 amide bonds. The Morgan fingerprint density at radius 1 is 1.33 bits per heavy atom. The average Bonchev–Trinajstić information content (AvgIpc) is 2.46. The van der Waals surface area contributed by atoms with E-state index in [9.17, 15) is 0 Å². The average molecular weight is 287 g/mol. The first-order valence-corrected chi connectivity index (χ1v) is 7.99. The predicted molar refractivity (Wildman–Crippen MR) is 91.5 cm³/mol. The van der Waals surface area contributed by atoms with Gasteiger partial charge in [-0.3, -0.25) is 0 Å². The molecule has 0 radical (unpaired) electrons. The van der Waals surface area contributed by atoms with E-state index >= 15 is 0 Å². The first-order valence-electron chi connectivity index (χ1n) is 7.99. The van der Waals surface area contributed by atoms with Crippen LogP contribution in [0.3, 0.4) is 0 Å². The minimum Gasteiger partial charge on any atom is -0.345 e. The van der Waals surface area contributed by atoms with E-state index in [1.54, 1.807) is 0 Å². The standard InChI is InChI=1S/C18H29N3/c1-6-9-21(10-7-2)18-12-16(11-17(8-3)20-18)14-19-13-15(4)5/h1,11-12,15,19H,7-10,13-14H2,2-5H3. The highest BCUT2D eigenvalue weighted by Gasteiger charge is 2.09. The van der Waals surface area contributed by atoms with Crippen LogP contribution in [0.15, 0.2) is 12.1 Å². The molecule has 1 rings (SSSR count). The third kappa shape index (κ3) is 6.18. The quantitative estimate of drug-likeness (QED) is 0.707. The molecule has 1 aromatic heterocycles. The number of hydrogen-bond acceptors (Lipinski definition) is 3. The van der Waals surface area contributed by atoms with Gasteiger partial charge in [0.25, 0.3) is 0 Å². The largest absolute Gasteiger partial charge is 0.345 e. The van der Waals surface area contributed by atoms with Gasteiger partial charge in [0.15, 0.2) is 0 Å². The smallest absolute Gasteiger partial charge is 0.129 e. The summed E-state index contributed by atoms with van der Waals surface area (Å²) in [6, 6.07) is 4.36. The fraction of sp³-hybridized carbons (Fsp3) is 0.611. The van der Waals surface area contributed by atoms with Gasteiger partial charge in [-0.2, -0.15) is 0 Å². The third-order valence-electron chi connectivity index (χ3n) is 3.27. The molecule has 0 spiro atoms. The number of pyridine rings is 1. The molecule has 0 saturated heterocycles. The maximum atomic E-state index is 5.49. The molecule has 0 unspecified atom stereocenters. The Morgan fingerprint density at radius 3 is 2.67 bits per heavy atom. The minimum absolute atomic E-state index is 0.618. The Hall–Kier alpha value is -1.53. The van der Waals surface area contributed by atoms with Crippen molar-refractivity contribution in [3.8, 4) is 12.3 Å². The van der Waals surface area contributed by atoms with Gasteiger partial charge in [-0.1, -0.05) is 33.6 Å². The molecule has 0 aromatic carbocycles. The van der Waals surface area contributed by atoms with Crippen molar-refractivity contribution in [1.82, 2.24) is 10.3 Å². The second-order valence-electron chi connectivity index (χ2n) is 5.83. The second-order valence-corrected chi connectivity index (χ2v) is 5.83. The monoisotopic (exact) mass is 287 g/mol. The first kappa shape index (κ1) is 17.5. The summed E-state index contributed by atoms with van der Waals surface area (Å²) in [7, 11) is 0. The molecule has 1 aromatic rings. The van der Waals surface area contributed by atoms with Gasteiger partial charge in [0.2, 0.25) is 0 Å². The van der Waals surface area contributed by atoms with E-state index in [2.05, 4.69) is 56.0 Å². The van der Waals surface area contributed by atoms with Gasteiger partial charge in [-0.15, -0.1) is 6.42 Å². The number of aromatic nitrogens is 1. The van der Waals surface area contributed by atoms with E-state index in [0.717, 1.165) is 44.0 Å². The number of nitrogens with zero attached hydrogens (tertiary/aromatic N) is 2. The molecule has 0 aliphatic rings. The summed E-state index contributed by atoms with van der Waals surface area (Å²) >= 11 is 0. The van der Waals surface area contributed by atoms with Gasteiger partial charge in [0.1, 0.15) is 5.82 Å². The number of anilines is 1. The molecule has 3 nitrogen and oxygen atoms in total. The van der Waals surface area contributed by atoms with Crippen LogP contribution in [0.1, 0.15) is 45.4 Å². The summed E-state index contributed by atoms with van der Waals surface area (Å²) in [6.45, 7) is 12.2. The van der Waals surface area contributed by atoms with Crippen molar-refractivity contribution in [2.24, 2.45) is 5.92 Å². The Kier molecular flexibility index (Phi) is 7.85. The Labute approximate surface area is 130 Å². The van der Waals surface area contributed by atoms with Crippen molar-refractivity contribution in [3.63, 3.8) is 0 Å². The molecule has 116 valence electrons. The molecule has 1 heterocycles. The summed E-state index contributed by atoms with van der Waals surface area (Å²) < 4.78 is 0. The lowest BCUT2D eigenvalue weighted by Gasteiger charge is -2.22. The zero-order chi connectivity index (χ0) is 15.7. The lowest BCUT2D eigenvalue weighted by molar-refractivity contribution is 0.552.